The maximum Gasteiger partial charge on any atom is 0.150 e. The first-order chi connectivity index (χ1) is 9.02. The number of alkyl halides is 1. The zero-order chi connectivity index (χ0) is 14.0. The minimum absolute atomic E-state index is 0.273. The quantitative estimate of drug-likeness (QED) is 0.432. The average Bonchev–Trinajstić information content (AvgIpc) is 2.38. The zero-order valence-electron chi connectivity index (χ0n) is 9.39. The first kappa shape index (κ1) is 15.1. The predicted molar refractivity (Wildman–Crippen MR) is 82.6 cm³/mol. The van der Waals surface area contributed by atoms with Crippen molar-refractivity contribution < 1.29 is 4.74 Å². The Kier molecular flexibility index (Phi) is 5.10. The lowest BCUT2D eigenvalue weighted by atomic mass is 10.2. The molecular formula is C13H7Cl5O. The van der Waals surface area contributed by atoms with E-state index in [4.69, 9.17) is 62.7 Å². The van der Waals surface area contributed by atoms with Gasteiger partial charge in [0.15, 0.2) is 0 Å². The Morgan fingerprint density at radius 3 is 2.21 bits per heavy atom. The number of para-hydroxylation sites is 1. The Morgan fingerprint density at radius 1 is 0.842 bits per heavy atom. The standard InChI is InChI=1S/C13H7Cl5O/c14-6-7-2-1-3-8(15)13(7)19-12-5-10(17)9(16)4-11(12)18/h1-5H,6H2. The number of hydrogen-bond acceptors (Lipinski definition) is 1. The van der Waals surface area contributed by atoms with Crippen LogP contribution in [-0.2, 0) is 5.88 Å². The van der Waals surface area contributed by atoms with Gasteiger partial charge in [-0.3, -0.25) is 0 Å². The highest BCUT2D eigenvalue weighted by Gasteiger charge is 2.13. The topological polar surface area (TPSA) is 9.23 Å². The van der Waals surface area contributed by atoms with E-state index in [2.05, 4.69) is 0 Å². The SMILES string of the molecule is ClCc1cccc(Cl)c1Oc1cc(Cl)c(Cl)cc1Cl. The predicted octanol–water partition coefficient (Wildman–Crippen LogP) is 6.83. The molecule has 0 spiro atoms. The van der Waals surface area contributed by atoms with Crippen molar-refractivity contribution in [3.8, 4) is 11.5 Å². The molecule has 2 aromatic carbocycles. The van der Waals surface area contributed by atoms with E-state index in [-0.39, 0.29) is 5.88 Å². The molecule has 2 rings (SSSR count). The van der Waals surface area contributed by atoms with Crippen LogP contribution in [0.15, 0.2) is 30.3 Å². The molecule has 100 valence electrons. The summed E-state index contributed by atoms with van der Waals surface area (Å²) in [6.45, 7) is 0. The van der Waals surface area contributed by atoms with E-state index >= 15 is 0 Å². The molecule has 0 radical (unpaired) electrons. The van der Waals surface area contributed by atoms with Crippen LogP contribution in [0.5, 0.6) is 11.5 Å². The van der Waals surface area contributed by atoms with Crippen LogP contribution in [0.2, 0.25) is 20.1 Å². The molecule has 19 heavy (non-hydrogen) atoms. The summed E-state index contributed by atoms with van der Waals surface area (Å²) in [6, 6.07) is 8.37. The molecule has 0 aromatic heterocycles. The maximum absolute atomic E-state index is 6.10. The van der Waals surface area contributed by atoms with E-state index in [9.17, 15) is 0 Å². The fourth-order valence-electron chi connectivity index (χ4n) is 1.47. The summed E-state index contributed by atoms with van der Waals surface area (Å²) in [5, 5.41) is 1.49. The number of ether oxygens (including phenoxy) is 1. The largest absolute Gasteiger partial charge is 0.454 e. The molecule has 0 heterocycles. The van der Waals surface area contributed by atoms with Gasteiger partial charge in [0.2, 0.25) is 0 Å². The van der Waals surface area contributed by atoms with Gasteiger partial charge in [-0.05, 0) is 12.1 Å². The molecule has 0 aliphatic carbocycles. The van der Waals surface area contributed by atoms with Crippen molar-refractivity contribution >= 4 is 58.0 Å². The molecule has 0 unspecified atom stereocenters. The minimum atomic E-state index is 0.273. The molecule has 1 nitrogen and oxygen atoms in total. The van der Waals surface area contributed by atoms with E-state index in [1.54, 1.807) is 12.1 Å². The Bertz CT molecular complexity index is 612. The van der Waals surface area contributed by atoms with Gasteiger partial charge in [-0.25, -0.2) is 0 Å². The Morgan fingerprint density at radius 2 is 1.53 bits per heavy atom. The number of benzene rings is 2. The molecule has 0 fully saturated rings. The van der Waals surface area contributed by atoms with Crippen LogP contribution in [0.4, 0.5) is 0 Å². The third-order valence-corrected chi connectivity index (χ3v) is 3.98. The molecule has 0 bridgehead atoms. The van der Waals surface area contributed by atoms with Crippen LogP contribution in [0.25, 0.3) is 0 Å². The van der Waals surface area contributed by atoms with Crippen LogP contribution in [0.1, 0.15) is 5.56 Å². The molecule has 0 saturated heterocycles. The Hall–Kier alpha value is -0.310. The third kappa shape index (κ3) is 3.42. The summed E-state index contributed by atoms with van der Waals surface area (Å²) >= 11 is 29.8. The van der Waals surface area contributed by atoms with Crippen LogP contribution in [0, 0.1) is 0 Å². The summed E-state index contributed by atoms with van der Waals surface area (Å²) in [7, 11) is 0. The summed E-state index contributed by atoms with van der Waals surface area (Å²) in [5.41, 5.74) is 0.760. The summed E-state index contributed by atoms with van der Waals surface area (Å²) in [6.07, 6.45) is 0. The van der Waals surface area contributed by atoms with Crippen LogP contribution in [-0.4, -0.2) is 0 Å². The van der Waals surface area contributed by atoms with Crippen LogP contribution < -0.4 is 4.74 Å². The second-order valence-electron chi connectivity index (χ2n) is 3.66. The second kappa shape index (κ2) is 6.43. The van der Waals surface area contributed by atoms with Gasteiger partial charge >= 0.3 is 0 Å². The lowest BCUT2D eigenvalue weighted by Crippen LogP contribution is -1.91. The van der Waals surface area contributed by atoms with E-state index in [1.165, 1.54) is 12.1 Å². The van der Waals surface area contributed by atoms with Gasteiger partial charge in [-0.2, -0.15) is 0 Å². The Balaban J connectivity index is 2.44. The number of rotatable bonds is 3. The highest BCUT2D eigenvalue weighted by molar-refractivity contribution is 6.43. The van der Waals surface area contributed by atoms with Crippen molar-refractivity contribution in [1.82, 2.24) is 0 Å². The highest BCUT2D eigenvalue weighted by atomic mass is 35.5. The van der Waals surface area contributed by atoms with Gasteiger partial charge in [-0.1, -0.05) is 58.5 Å². The van der Waals surface area contributed by atoms with Crippen molar-refractivity contribution in [3.63, 3.8) is 0 Å². The normalized spacial score (nSPS) is 10.6. The fourth-order valence-corrected chi connectivity index (χ4v) is 2.48. The first-order valence-electron chi connectivity index (χ1n) is 5.18. The molecule has 0 saturated carbocycles. The molecular weight excluding hydrogens is 349 g/mol. The fraction of sp³-hybridized carbons (Fsp3) is 0.0769. The molecule has 6 heteroatoms. The van der Waals surface area contributed by atoms with Crippen molar-refractivity contribution in [2.45, 2.75) is 5.88 Å². The molecule has 0 amide bonds. The van der Waals surface area contributed by atoms with Gasteiger partial charge < -0.3 is 4.74 Å². The van der Waals surface area contributed by atoms with Crippen molar-refractivity contribution in [2.24, 2.45) is 0 Å². The molecule has 0 N–H and O–H groups in total. The number of hydrogen-bond donors (Lipinski definition) is 0. The summed E-state index contributed by atoms with van der Waals surface area (Å²) in [4.78, 5) is 0. The smallest absolute Gasteiger partial charge is 0.150 e. The molecule has 0 atom stereocenters. The minimum Gasteiger partial charge on any atom is -0.454 e. The average molecular weight is 356 g/mol. The molecule has 0 aliphatic rings. The highest BCUT2D eigenvalue weighted by Crippen LogP contribution is 2.40. The van der Waals surface area contributed by atoms with Crippen molar-refractivity contribution in [3.05, 3.63) is 56.0 Å². The van der Waals surface area contributed by atoms with Gasteiger partial charge in [-0.15, -0.1) is 11.6 Å². The van der Waals surface area contributed by atoms with Crippen LogP contribution in [0.3, 0.4) is 0 Å². The zero-order valence-corrected chi connectivity index (χ0v) is 13.2. The number of halogens is 5. The summed E-state index contributed by atoms with van der Waals surface area (Å²) < 4.78 is 5.71. The van der Waals surface area contributed by atoms with E-state index < -0.39 is 0 Å². The van der Waals surface area contributed by atoms with Crippen molar-refractivity contribution in [1.29, 1.82) is 0 Å². The maximum atomic E-state index is 6.10. The van der Waals surface area contributed by atoms with Gasteiger partial charge in [0, 0.05) is 11.6 Å². The summed E-state index contributed by atoms with van der Waals surface area (Å²) in [5.74, 6) is 1.10. The third-order valence-electron chi connectivity index (χ3n) is 2.38. The van der Waals surface area contributed by atoms with Gasteiger partial charge in [0.1, 0.15) is 11.5 Å². The molecule has 2 aromatic rings. The monoisotopic (exact) mass is 354 g/mol. The van der Waals surface area contributed by atoms with E-state index in [0.29, 0.717) is 31.6 Å². The second-order valence-corrected chi connectivity index (χ2v) is 5.56. The molecule has 0 aliphatic heterocycles. The van der Waals surface area contributed by atoms with Gasteiger partial charge in [0.25, 0.3) is 0 Å². The van der Waals surface area contributed by atoms with Crippen molar-refractivity contribution in [2.75, 3.05) is 0 Å². The lowest BCUT2D eigenvalue weighted by Gasteiger charge is -2.13. The van der Waals surface area contributed by atoms with Gasteiger partial charge in [0.05, 0.1) is 26.0 Å². The van der Waals surface area contributed by atoms with Crippen LogP contribution >= 0.6 is 58.0 Å². The first-order valence-corrected chi connectivity index (χ1v) is 7.23. The van der Waals surface area contributed by atoms with E-state index in [0.717, 1.165) is 5.56 Å². The van der Waals surface area contributed by atoms with E-state index in [1.807, 2.05) is 6.07 Å². The Labute approximate surface area is 135 Å². The lowest BCUT2D eigenvalue weighted by molar-refractivity contribution is 0.479.